The number of urea groups is 1. The first-order valence-electron chi connectivity index (χ1n) is 6.74. The molecule has 0 aliphatic rings. The molecule has 0 saturated heterocycles. The van der Waals surface area contributed by atoms with Gasteiger partial charge >= 0.3 is 6.03 Å². The van der Waals surface area contributed by atoms with E-state index in [1.54, 1.807) is 0 Å². The van der Waals surface area contributed by atoms with E-state index >= 15 is 0 Å². The number of aryl methyl sites for hydroxylation is 2. The van der Waals surface area contributed by atoms with Crippen LogP contribution in [-0.2, 0) is 0 Å². The average molecular weight is 264 g/mol. The summed E-state index contributed by atoms with van der Waals surface area (Å²) in [4.78, 5) is 11.8. The van der Waals surface area contributed by atoms with Crippen LogP contribution in [-0.4, -0.2) is 23.3 Å². The average Bonchev–Trinajstić information content (AvgIpc) is 2.40. The molecule has 1 aromatic carbocycles. The lowest BCUT2D eigenvalue weighted by Crippen LogP contribution is -2.43. The van der Waals surface area contributed by atoms with Crippen molar-refractivity contribution in [3.8, 4) is 0 Å². The van der Waals surface area contributed by atoms with E-state index in [0.717, 1.165) is 11.3 Å². The fourth-order valence-corrected chi connectivity index (χ4v) is 1.74. The summed E-state index contributed by atoms with van der Waals surface area (Å²) in [6, 6.07) is 5.48. The highest BCUT2D eigenvalue weighted by Crippen LogP contribution is 2.15. The summed E-state index contributed by atoms with van der Waals surface area (Å²) in [7, 11) is 0. The first kappa shape index (κ1) is 15.5. The number of rotatable bonds is 5. The van der Waals surface area contributed by atoms with Gasteiger partial charge in [-0.2, -0.15) is 0 Å². The molecule has 106 valence electrons. The number of nitrogens with one attached hydrogen (secondary N) is 2. The SMILES string of the molecule is CCC(O)(CC)CNC(=O)Nc1ccc(C)c(C)c1. The maximum absolute atomic E-state index is 11.8. The van der Waals surface area contributed by atoms with Gasteiger partial charge in [-0.25, -0.2) is 4.79 Å². The Kier molecular flexibility index (Phi) is 5.36. The molecular weight excluding hydrogens is 240 g/mol. The van der Waals surface area contributed by atoms with Crippen LogP contribution in [0.2, 0.25) is 0 Å². The molecular formula is C15H24N2O2. The molecule has 2 amide bonds. The molecule has 0 fully saturated rings. The summed E-state index contributed by atoms with van der Waals surface area (Å²) in [6.45, 7) is 8.11. The van der Waals surface area contributed by atoms with Gasteiger partial charge in [0.05, 0.1) is 5.60 Å². The first-order chi connectivity index (χ1) is 8.90. The Bertz CT molecular complexity index is 440. The van der Waals surface area contributed by atoms with Crippen molar-refractivity contribution in [1.82, 2.24) is 5.32 Å². The molecule has 1 rings (SSSR count). The second-order valence-electron chi connectivity index (χ2n) is 5.04. The number of anilines is 1. The molecule has 4 heteroatoms. The van der Waals surface area contributed by atoms with Crippen molar-refractivity contribution in [2.24, 2.45) is 0 Å². The molecule has 0 bridgehead atoms. The number of carbonyl (C=O) groups is 1. The van der Waals surface area contributed by atoms with Crippen LogP contribution < -0.4 is 10.6 Å². The van der Waals surface area contributed by atoms with Gasteiger partial charge in [-0.1, -0.05) is 19.9 Å². The number of amides is 2. The molecule has 4 nitrogen and oxygen atoms in total. The Morgan fingerprint density at radius 3 is 2.37 bits per heavy atom. The zero-order chi connectivity index (χ0) is 14.5. The zero-order valence-electron chi connectivity index (χ0n) is 12.2. The minimum atomic E-state index is -0.819. The van der Waals surface area contributed by atoms with Crippen molar-refractivity contribution in [3.05, 3.63) is 29.3 Å². The van der Waals surface area contributed by atoms with Gasteiger partial charge in [-0.05, 0) is 49.9 Å². The lowest BCUT2D eigenvalue weighted by atomic mass is 9.98. The minimum absolute atomic E-state index is 0.261. The Hall–Kier alpha value is -1.55. The normalized spacial score (nSPS) is 11.2. The molecule has 0 radical (unpaired) electrons. The number of aliphatic hydroxyl groups is 1. The topological polar surface area (TPSA) is 61.4 Å². The lowest BCUT2D eigenvalue weighted by Gasteiger charge is -2.25. The number of benzene rings is 1. The predicted octanol–water partition coefficient (Wildman–Crippen LogP) is 2.98. The van der Waals surface area contributed by atoms with Crippen LogP contribution in [0.3, 0.4) is 0 Å². The summed E-state index contributed by atoms with van der Waals surface area (Å²) in [5, 5.41) is 15.6. The van der Waals surface area contributed by atoms with Crippen molar-refractivity contribution in [1.29, 1.82) is 0 Å². The third-order valence-electron chi connectivity index (χ3n) is 3.66. The molecule has 0 aromatic heterocycles. The highest BCUT2D eigenvalue weighted by Gasteiger charge is 2.22. The molecule has 0 atom stereocenters. The van der Waals surface area contributed by atoms with Crippen LogP contribution in [0, 0.1) is 13.8 Å². The Morgan fingerprint density at radius 1 is 1.21 bits per heavy atom. The van der Waals surface area contributed by atoms with Crippen LogP contribution in [0.15, 0.2) is 18.2 Å². The predicted molar refractivity (Wildman–Crippen MR) is 78.5 cm³/mol. The summed E-state index contributed by atoms with van der Waals surface area (Å²) < 4.78 is 0. The van der Waals surface area contributed by atoms with Gasteiger partial charge in [0, 0.05) is 12.2 Å². The van der Waals surface area contributed by atoms with Crippen LogP contribution in [0.5, 0.6) is 0 Å². The molecule has 3 N–H and O–H groups in total. The standard InChI is InChI=1S/C15H24N2O2/c1-5-15(19,6-2)10-16-14(18)17-13-8-7-11(3)12(4)9-13/h7-9,19H,5-6,10H2,1-4H3,(H2,16,17,18). The smallest absolute Gasteiger partial charge is 0.319 e. The molecule has 19 heavy (non-hydrogen) atoms. The minimum Gasteiger partial charge on any atom is -0.388 e. The second kappa shape index (κ2) is 6.57. The molecule has 0 saturated carbocycles. The zero-order valence-corrected chi connectivity index (χ0v) is 12.2. The highest BCUT2D eigenvalue weighted by atomic mass is 16.3. The van der Waals surface area contributed by atoms with Gasteiger partial charge in [0.15, 0.2) is 0 Å². The summed E-state index contributed by atoms with van der Waals surface area (Å²) in [6.07, 6.45) is 1.24. The highest BCUT2D eigenvalue weighted by molar-refractivity contribution is 5.89. The van der Waals surface area contributed by atoms with Crippen LogP contribution in [0.4, 0.5) is 10.5 Å². The second-order valence-corrected chi connectivity index (χ2v) is 5.04. The van der Waals surface area contributed by atoms with Crippen molar-refractivity contribution < 1.29 is 9.90 Å². The summed E-state index contributed by atoms with van der Waals surface area (Å²) in [5.41, 5.74) is 2.27. The number of hydrogen-bond donors (Lipinski definition) is 3. The molecule has 0 unspecified atom stereocenters. The Labute approximate surface area is 115 Å². The fraction of sp³-hybridized carbons (Fsp3) is 0.533. The number of hydrogen-bond acceptors (Lipinski definition) is 2. The number of carbonyl (C=O) groups excluding carboxylic acids is 1. The summed E-state index contributed by atoms with van der Waals surface area (Å²) >= 11 is 0. The van der Waals surface area contributed by atoms with Crippen LogP contribution in [0.1, 0.15) is 37.8 Å². The van der Waals surface area contributed by atoms with Crippen molar-refractivity contribution in [3.63, 3.8) is 0 Å². The van der Waals surface area contributed by atoms with E-state index in [1.165, 1.54) is 5.56 Å². The quantitative estimate of drug-likeness (QED) is 0.765. The summed E-state index contributed by atoms with van der Waals surface area (Å²) in [5.74, 6) is 0. The van der Waals surface area contributed by atoms with Gasteiger partial charge in [0.2, 0.25) is 0 Å². The Balaban J connectivity index is 2.53. The largest absolute Gasteiger partial charge is 0.388 e. The molecule has 0 aliphatic heterocycles. The maximum Gasteiger partial charge on any atom is 0.319 e. The molecule has 0 aliphatic carbocycles. The van der Waals surface area contributed by atoms with Gasteiger partial charge < -0.3 is 15.7 Å². The van der Waals surface area contributed by atoms with E-state index < -0.39 is 5.60 Å². The van der Waals surface area contributed by atoms with Crippen molar-refractivity contribution in [2.75, 3.05) is 11.9 Å². The third-order valence-corrected chi connectivity index (χ3v) is 3.66. The van der Waals surface area contributed by atoms with E-state index in [1.807, 2.05) is 45.9 Å². The first-order valence-corrected chi connectivity index (χ1v) is 6.74. The van der Waals surface area contributed by atoms with E-state index in [0.29, 0.717) is 12.8 Å². The van der Waals surface area contributed by atoms with Crippen LogP contribution >= 0.6 is 0 Å². The fourth-order valence-electron chi connectivity index (χ4n) is 1.74. The monoisotopic (exact) mass is 264 g/mol. The van der Waals surface area contributed by atoms with E-state index in [-0.39, 0.29) is 12.6 Å². The third kappa shape index (κ3) is 4.56. The van der Waals surface area contributed by atoms with E-state index in [4.69, 9.17) is 0 Å². The van der Waals surface area contributed by atoms with Gasteiger partial charge in [-0.15, -0.1) is 0 Å². The van der Waals surface area contributed by atoms with Gasteiger partial charge in [0.25, 0.3) is 0 Å². The van der Waals surface area contributed by atoms with Crippen molar-refractivity contribution >= 4 is 11.7 Å². The lowest BCUT2D eigenvalue weighted by molar-refractivity contribution is 0.0354. The van der Waals surface area contributed by atoms with E-state index in [2.05, 4.69) is 10.6 Å². The van der Waals surface area contributed by atoms with Crippen molar-refractivity contribution in [2.45, 2.75) is 46.1 Å². The van der Waals surface area contributed by atoms with Crippen LogP contribution in [0.25, 0.3) is 0 Å². The van der Waals surface area contributed by atoms with Gasteiger partial charge in [0.1, 0.15) is 0 Å². The maximum atomic E-state index is 11.8. The van der Waals surface area contributed by atoms with E-state index in [9.17, 15) is 9.90 Å². The van der Waals surface area contributed by atoms with Gasteiger partial charge in [-0.3, -0.25) is 0 Å². The molecule has 1 aromatic rings. The Morgan fingerprint density at radius 2 is 1.84 bits per heavy atom. The molecule has 0 heterocycles. The molecule has 0 spiro atoms.